The molecule has 1 aliphatic heterocycles. The van der Waals surface area contributed by atoms with E-state index in [-0.39, 0.29) is 18.4 Å². The number of pyridine rings is 2. The SMILES string of the molecule is Cc1ccc2nc(-c3cccnc3)cc(-c3nc(C4CNCCN4C)no3)c2c1.Cl. The third kappa shape index (κ3) is 3.79. The Hall–Kier alpha value is -2.87. The van der Waals surface area contributed by atoms with Crippen LogP contribution in [0.1, 0.15) is 17.4 Å². The molecule has 4 aromatic rings. The molecule has 30 heavy (non-hydrogen) atoms. The van der Waals surface area contributed by atoms with Crippen molar-refractivity contribution in [3.63, 3.8) is 0 Å². The molecule has 1 aromatic carbocycles. The van der Waals surface area contributed by atoms with Crippen molar-refractivity contribution in [2.45, 2.75) is 13.0 Å². The first kappa shape index (κ1) is 20.4. The Labute approximate surface area is 180 Å². The van der Waals surface area contributed by atoms with E-state index in [0.717, 1.165) is 52.9 Å². The lowest BCUT2D eigenvalue weighted by atomic mass is 10.0. The molecule has 5 rings (SSSR count). The van der Waals surface area contributed by atoms with E-state index in [1.807, 2.05) is 30.5 Å². The number of fused-ring (bicyclic) bond motifs is 1. The Morgan fingerprint density at radius 1 is 1.17 bits per heavy atom. The Morgan fingerprint density at radius 2 is 2.07 bits per heavy atom. The lowest BCUT2D eigenvalue weighted by molar-refractivity contribution is 0.190. The van der Waals surface area contributed by atoms with Crippen molar-refractivity contribution in [1.82, 2.24) is 30.3 Å². The summed E-state index contributed by atoms with van der Waals surface area (Å²) < 4.78 is 5.73. The molecule has 0 aliphatic carbocycles. The first-order valence-electron chi connectivity index (χ1n) is 9.76. The zero-order valence-corrected chi connectivity index (χ0v) is 17.7. The van der Waals surface area contributed by atoms with Crippen LogP contribution >= 0.6 is 12.4 Å². The number of hydrogen-bond acceptors (Lipinski definition) is 7. The fraction of sp³-hybridized carbons (Fsp3) is 0.273. The van der Waals surface area contributed by atoms with Crippen LogP contribution in [0.4, 0.5) is 0 Å². The second-order valence-electron chi connectivity index (χ2n) is 7.48. The zero-order valence-electron chi connectivity index (χ0n) is 16.9. The number of halogens is 1. The summed E-state index contributed by atoms with van der Waals surface area (Å²) in [5, 5.41) is 8.70. The Balaban J connectivity index is 0.00000218. The minimum Gasteiger partial charge on any atom is -0.334 e. The second kappa shape index (κ2) is 8.47. The molecular formula is C22H23ClN6O. The fourth-order valence-electron chi connectivity index (χ4n) is 3.75. The fourth-order valence-corrected chi connectivity index (χ4v) is 3.75. The van der Waals surface area contributed by atoms with Crippen LogP contribution in [0.2, 0.25) is 0 Å². The number of benzene rings is 1. The van der Waals surface area contributed by atoms with Gasteiger partial charge in [-0.1, -0.05) is 16.8 Å². The van der Waals surface area contributed by atoms with Crippen LogP contribution in [0.3, 0.4) is 0 Å². The predicted molar refractivity (Wildman–Crippen MR) is 118 cm³/mol. The molecule has 0 amide bonds. The molecule has 1 atom stereocenters. The maximum Gasteiger partial charge on any atom is 0.258 e. The van der Waals surface area contributed by atoms with Gasteiger partial charge in [0.05, 0.1) is 22.8 Å². The number of likely N-dealkylation sites (N-methyl/N-ethyl adjacent to an activating group) is 1. The van der Waals surface area contributed by atoms with E-state index in [9.17, 15) is 0 Å². The molecule has 1 aliphatic rings. The Morgan fingerprint density at radius 3 is 2.87 bits per heavy atom. The van der Waals surface area contributed by atoms with Crippen LogP contribution in [-0.4, -0.2) is 51.7 Å². The normalized spacial score (nSPS) is 17.1. The molecular weight excluding hydrogens is 400 g/mol. The highest BCUT2D eigenvalue weighted by molar-refractivity contribution is 5.95. The quantitative estimate of drug-likeness (QED) is 0.539. The van der Waals surface area contributed by atoms with Gasteiger partial charge in [0, 0.05) is 43.0 Å². The summed E-state index contributed by atoms with van der Waals surface area (Å²) >= 11 is 0. The number of rotatable bonds is 3. The van der Waals surface area contributed by atoms with Crippen molar-refractivity contribution >= 4 is 23.3 Å². The molecule has 1 fully saturated rings. The van der Waals surface area contributed by atoms with E-state index < -0.39 is 0 Å². The maximum atomic E-state index is 5.73. The van der Waals surface area contributed by atoms with Gasteiger partial charge in [-0.25, -0.2) is 4.98 Å². The average molecular weight is 423 g/mol. The molecule has 154 valence electrons. The number of nitrogens with one attached hydrogen (secondary N) is 1. The molecule has 0 spiro atoms. The van der Waals surface area contributed by atoms with E-state index >= 15 is 0 Å². The summed E-state index contributed by atoms with van der Waals surface area (Å²) in [6.07, 6.45) is 3.57. The summed E-state index contributed by atoms with van der Waals surface area (Å²) in [6.45, 7) is 4.81. The van der Waals surface area contributed by atoms with Gasteiger partial charge in [0.1, 0.15) is 0 Å². The topological polar surface area (TPSA) is 80.0 Å². The Bertz CT molecular complexity index is 1160. The minimum absolute atomic E-state index is 0. The number of aryl methyl sites for hydroxylation is 1. The lowest BCUT2D eigenvalue weighted by Crippen LogP contribution is -2.44. The van der Waals surface area contributed by atoms with Crippen molar-refractivity contribution in [1.29, 1.82) is 0 Å². The summed E-state index contributed by atoms with van der Waals surface area (Å²) in [5.74, 6) is 1.22. The molecule has 1 N–H and O–H groups in total. The molecule has 8 heteroatoms. The zero-order chi connectivity index (χ0) is 19.8. The highest BCUT2D eigenvalue weighted by Crippen LogP contribution is 2.32. The number of hydrogen-bond donors (Lipinski definition) is 1. The van der Waals surface area contributed by atoms with Crippen LogP contribution in [0.5, 0.6) is 0 Å². The first-order valence-corrected chi connectivity index (χ1v) is 9.76. The van der Waals surface area contributed by atoms with E-state index in [1.54, 1.807) is 6.20 Å². The van der Waals surface area contributed by atoms with Crippen molar-refractivity contribution in [2.24, 2.45) is 0 Å². The maximum absolute atomic E-state index is 5.73. The molecule has 1 unspecified atom stereocenters. The van der Waals surface area contributed by atoms with Crippen molar-refractivity contribution in [3.8, 4) is 22.7 Å². The largest absolute Gasteiger partial charge is 0.334 e. The van der Waals surface area contributed by atoms with E-state index in [2.05, 4.69) is 46.5 Å². The average Bonchev–Trinajstić information content (AvgIpc) is 3.24. The molecule has 0 bridgehead atoms. The van der Waals surface area contributed by atoms with E-state index in [0.29, 0.717) is 11.7 Å². The van der Waals surface area contributed by atoms with Gasteiger partial charge in [-0.05, 0) is 44.3 Å². The molecule has 3 aromatic heterocycles. The third-order valence-electron chi connectivity index (χ3n) is 5.40. The first-order chi connectivity index (χ1) is 14.2. The molecule has 1 saturated heterocycles. The van der Waals surface area contributed by atoms with Crippen LogP contribution in [-0.2, 0) is 0 Å². The van der Waals surface area contributed by atoms with Crippen LogP contribution in [0.15, 0.2) is 53.3 Å². The molecule has 0 radical (unpaired) electrons. The van der Waals surface area contributed by atoms with Gasteiger partial charge < -0.3 is 9.84 Å². The van der Waals surface area contributed by atoms with Crippen molar-refractivity contribution in [2.75, 3.05) is 26.7 Å². The highest BCUT2D eigenvalue weighted by atomic mass is 35.5. The smallest absolute Gasteiger partial charge is 0.258 e. The van der Waals surface area contributed by atoms with Crippen LogP contribution in [0, 0.1) is 6.92 Å². The standard InChI is InChI=1S/C22H22N6O.ClH/c1-14-5-6-18-16(10-14)17(11-19(25-18)15-4-3-7-23-12-15)22-26-21(27-29-22)20-13-24-8-9-28(20)2;/h3-7,10-12,20,24H,8-9,13H2,1-2H3;1H. The molecule has 4 heterocycles. The van der Waals surface area contributed by atoms with Crippen LogP contribution < -0.4 is 5.32 Å². The predicted octanol–water partition coefficient (Wildman–Crippen LogP) is 3.65. The summed E-state index contributed by atoms with van der Waals surface area (Å²) in [7, 11) is 2.09. The van der Waals surface area contributed by atoms with Crippen molar-refractivity contribution in [3.05, 3.63) is 60.2 Å². The number of piperazine rings is 1. The van der Waals surface area contributed by atoms with Gasteiger partial charge in [-0.3, -0.25) is 9.88 Å². The number of aromatic nitrogens is 4. The van der Waals surface area contributed by atoms with Gasteiger partial charge in [-0.2, -0.15) is 4.98 Å². The van der Waals surface area contributed by atoms with E-state index in [4.69, 9.17) is 14.5 Å². The van der Waals surface area contributed by atoms with E-state index in [1.165, 1.54) is 0 Å². The van der Waals surface area contributed by atoms with Gasteiger partial charge in [0.2, 0.25) is 0 Å². The van der Waals surface area contributed by atoms with Gasteiger partial charge in [0.15, 0.2) is 5.82 Å². The minimum atomic E-state index is 0. The van der Waals surface area contributed by atoms with Crippen LogP contribution in [0.25, 0.3) is 33.6 Å². The van der Waals surface area contributed by atoms with Gasteiger partial charge in [-0.15, -0.1) is 12.4 Å². The third-order valence-corrected chi connectivity index (χ3v) is 5.40. The summed E-state index contributed by atoms with van der Waals surface area (Å²) in [5.41, 5.74) is 4.73. The summed E-state index contributed by atoms with van der Waals surface area (Å²) in [6, 6.07) is 12.2. The monoisotopic (exact) mass is 422 g/mol. The lowest BCUT2D eigenvalue weighted by Gasteiger charge is -2.30. The van der Waals surface area contributed by atoms with Gasteiger partial charge in [0.25, 0.3) is 5.89 Å². The Kier molecular flexibility index (Phi) is 5.76. The van der Waals surface area contributed by atoms with Crippen molar-refractivity contribution < 1.29 is 4.52 Å². The second-order valence-corrected chi connectivity index (χ2v) is 7.48. The number of nitrogens with zero attached hydrogens (tertiary/aromatic N) is 5. The summed E-state index contributed by atoms with van der Waals surface area (Å²) in [4.78, 5) is 16.1. The molecule has 0 saturated carbocycles. The van der Waals surface area contributed by atoms with Gasteiger partial charge >= 0.3 is 0 Å². The molecule has 7 nitrogen and oxygen atoms in total. The highest BCUT2D eigenvalue weighted by Gasteiger charge is 2.26.